The van der Waals surface area contributed by atoms with E-state index in [0.717, 1.165) is 5.75 Å². The van der Waals surface area contributed by atoms with Gasteiger partial charge in [0.1, 0.15) is 19.0 Å². The summed E-state index contributed by atoms with van der Waals surface area (Å²) in [7, 11) is 5.46. The van der Waals surface area contributed by atoms with E-state index in [0.29, 0.717) is 25.1 Å². The maximum absolute atomic E-state index is 5.54. The summed E-state index contributed by atoms with van der Waals surface area (Å²) in [4.78, 5) is 14.3. The smallest absolute Gasteiger partial charge is 0.323 e. The van der Waals surface area contributed by atoms with Gasteiger partial charge in [-0.1, -0.05) is 18.2 Å². The van der Waals surface area contributed by atoms with Gasteiger partial charge in [0.25, 0.3) is 0 Å². The number of aromatic nitrogens is 3. The van der Waals surface area contributed by atoms with Crippen molar-refractivity contribution in [2.75, 3.05) is 44.6 Å². The highest BCUT2D eigenvalue weighted by molar-refractivity contribution is 5.36. The summed E-state index contributed by atoms with van der Waals surface area (Å²) in [5, 5.41) is 2.88. The van der Waals surface area contributed by atoms with Crippen LogP contribution in [0.2, 0.25) is 0 Å². The van der Waals surface area contributed by atoms with Gasteiger partial charge in [0.2, 0.25) is 11.9 Å². The topological polar surface area (TPSA) is 72.4 Å². The zero-order valence-electron chi connectivity index (χ0n) is 12.4. The van der Waals surface area contributed by atoms with Crippen molar-refractivity contribution in [3.8, 4) is 11.8 Å². The second-order valence-electron chi connectivity index (χ2n) is 4.40. The van der Waals surface area contributed by atoms with Gasteiger partial charge in [-0.15, -0.1) is 0 Å². The second kappa shape index (κ2) is 7.28. The van der Waals surface area contributed by atoms with E-state index in [1.807, 2.05) is 44.4 Å². The molecular formula is C14H19N5O2. The number of nitrogens with one attached hydrogen (secondary N) is 1. The van der Waals surface area contributed by atoms with E-state index in [1.54, 1.807) is 11.9 Å². The molecule has 0 fully saturated rings. The minimum absolute atomic E-state index is 0.273. The maximum Gasteiger partial charge on any atom is 0.323 e. The van der Waals surface area contributed by atoms with Crippen LogP contribution in [0.4, 0.5) is 11.9 Å². The molecule has 0 bridgehead atoms. The van der Waals surface area contributed by atoms with E-state index in [2.05, 4.69) is 20.3 Å². The van der Waals surface area contributed by atoms with Crippen LogP contribution in [-0.4, -0.2) is 49.3 Å². The van der Waals surface area contributed by atoms with Gasteiger partial charge in [-0.05, 0) is 12.1 Å². The molecule has 0 atom stereocenters. The molecule has 7 nitrogen and oxygen atoms in total. The number of anilines is 2. The Morgan fingerprint density at radius 3 is 2.38 bits per heavy atom. The first-order chi connectivity index (χ1) is 10.2. The van der Waals surface area contributed by atoms with Gasteiger partial charge in [-0.25, -0.2) is 0 Å². The Morgan fingerprint density at radius 1 is 1.00 bits per heavy atom. The van der Waals surface area contributed by atoms with Crippen LogP contribution >= 0.6 is 0 Å². The average Bonchev–Trinajstić information content (AvgIpc) is 2.52. The molecule has 0 aliphatic heterocycles. The summed E-state index contributed by atoms with van der Waals surface area (Å²) < 4.78 is 11.0. The summed E-state index contributed by atoms with van der Waals surface area (Å²) >= 11 is 0. The van der Waals surface area contributed by atoms with Crippen LogP contribution in [0.5, 0.6) is 11.8 Å². The van der Waals surface area contributed by atoms with Crippen molar-refractivity contribution in [2.45, 2.75) is 0 Å². The van der Waals surface area contributed by atoms with Crippen LogP contribution in [0.3, 0.4) is 0 Å². The van der Waals surface area contributed by atoms with Crippen molar-refractivity contribution in [3.63, 3.8) is 0 Å². The Balaban J connectivity index is 1.89. The molecule has 1 heterocycles. The molecule has 0 amide bonds. The largest absolute Gasteiger partial charge is 0.490 e. The normalized spacial score (nSPS) is 10.0. The van der Waals surface area contributed by atoms with Gasteiger partial charge < -0.3 is 19.7 Å². The zero-order valence-corrected chi connectivity index (χ0v) is 12.4. The molecule has 2 aromatic rings. The Labute approximate surface area is 124 Å². The fraction of sp³-hybridized carbons (Fsp3) is 0.357. The van der Waals surface area contributed by atoms with E-state index >= 15 is 0 Å². The summed E-state index contributed by atoms with van der Waals surface area (Å²) in [5.41, 5.74) is 0. The third kappa shape index (κ3) is 4.48. The maximum atomic E-state index is 5.54. The summed E-state index contributed by atoms with van der Waals surface area (Å²) in [6.45, 7) is 0.775. The summed E-state index contributed by atoms with van der Waals surface area (Å²) in [6.07, 6.45) is 0. The van der Waals surface area contributed by atoms with Crippen molar-refractivity contribution in [3.05, 3.63) is 30.3 Å². The third-order valence-electron chi connectivity index (χ3n) is 2.55. The zero-order chi connectivity index (χ0) is 15.1. The minimum Gasteiger partial charge on any atom is -0.490 e. The second-order valence-corrected chi connectivity index (χ2v) is 4.40. The first-order valence-corrected chi connectivity index (χ1v) is 6.61. The quantitative estimate of drug-likeness (QED) is 0.773. The monoisotopic (exact) mass is 289 g/mol. The van der Waals surface area contributed by atoms with E-state index in [9.17, 15) is 0 Å². The van der Waals surface area contributed by atoms with Crippen molar-refractivity contribution < 1.29 is 9.47 Å². The van der Waals surface area contributed by atoms with E-state index in [4.69, 9.17) is 9.47 Å². The highest BCUT2D eigenvalue weighted by atomic mass is 16.5. The molecule has 1 aromatic carbocycles. The number of ether oxygens (including phenoxy) is 2. The van der Waals surface area contributed by atoms with Crippen LogP contribution in [0, 0.1) is 0 Å². The van der Waals surface area contributed by atoms with Gasteiger partial charge in [-0.3, -0.25) is 0 Å². The van der Waals surface area contributed by atoms with Crippen molar-refractivity contribution in [1.82, 2.24) is 15.0 Å². The van der Waals surface area contributed by atoms with E-state index in [1.165, 1.54) is 0 Å². The van der Waals surface area contributed by atoms with Crippen molar-refractivity contribution in [1.29, 1.82) is 0 Å². The molecule has 0 radical (unpaired) electrons. The lowest BCUT2D eigenvalue weighted by molar-refractivity contribution is 0.206. The lowest BCUT2D eigenvalue weighted by atomic mass is 10.3. The average molecular weight is 289 g/mol. The Hall–Kier alpha value is -2.57. The fourth-order valence-electron chi connectivity index (χ4n) is 1.53. The molecule has 7 heteroatoms. The molecule has 112 valence electrons. The van der Waals surface area contributed by atoms with E-state index < -0.39 is 0 Å². The number of rotatable bonds is 7. The number of hydrogen-bond donors (Lipinski definition) is 1. The minimum atomic E-state index is 0.273. The highest BCUT2D eigenvalue weighted by Gasteiger charge is 2.08. The van der Waals surface area contributed by atoms with Crippen LogP contribution in [0.15, 0.2) is 30.3 Å². The number of nitrogens with zero attached hydrogens (tertiary/aromatic N) is 4. The molecule has 0 saturated heterocycles. The molecule has 1 N–H and O–H groups in total. The number of para-hydroxylation sites is 1. The molecule has 0 spiro atoms. The molecule has 1 aromatic heterocycles. The van der Waals surface area contributed by atoms with Crippen molar-refractivity contribution >= 4 is 11.9 Å². The fourth-order valence-corrected chi connectivity index (χ4v) is 1.53. The van der Waals surface area contributed by atoms with Crippen LogP contribution < -0.4 is 19.7 Å². The molecule has 0 saturated carbocycles. The Bertz CT molecular complexity index is 563. The molecule has 2 rings (SSSR count). The van der Waals surface area contributed by atoms with Crippen LogP contribution in [0.25, 0.3) is 0 Å². The first-order valence-electron chi connectivity index (χ1n) is 6.61. The Morgan fingerprint density at radius 2 is 1.71 bits per heavy atom. The predicted octanol–water partition coefficient (Wildman–Crippen LogP) is 1.44. The molecular weight excluding hydrogens is 270 g/mol. The highest BCUT2D eigenvalue weighted by Crippen LogP contribution is 2.13. The number of benzene rings is 1. The van der Waals surface area contributed by atoms with Gasteiger partial charge in [-0.2, -0.15) is 15.0 Å². The lowest BCUT2D eigenvalue weighted by Gasteiger charge is -2.13. The first kappa shape index (κ1) is 14.8. The van der Waals surface area contributed by atoms with Gasteiger partial charge in [0, 0.05) is 21.1 Å². The summed E-state index contributed by atoms with van der Waals surface area (Å²) in [5.74, 6) is 1.81. The lowest BCUT2D eigenvalue weighted by Crippen LogP contribution is -2.17. The van der Waals surface area contributed by atoms with Gasteiger partial charge in [0.15, 0.2) is 0 Å². The molecule has 21 heavy (non-hydrogen) atoms. The van der Waals surface area contributed by atoms with Gasteiger partial charge >= 0.3 is 6.01 Å². The molecule has 0 aliphatic rings. The standard InChI is InChI=1S/C14H19N5O2/c1-15-12-16-13(19(2)3)18-14(17-12)21-10-9-20-11-7-5-4-6-8-11/h4-8H,9-10H2,1-3H3,(H,15,16,17,18). The number of hydrogen-bond acceptors (Lipinski definition) is 7. The summed E-state index contributed by atoms with van der Waals surface area (Å²) in [6, 6.07) is 9.85. The Kier molecular flexibility index (Phi) is 5.14. The van der Waals surface area contributed by atoms with Crippen molar-refractivity contribution in [2.24, 2.45) is 0 Å². The van der Waals surface area contributed by atoms with Crippen LogP contribution in [-0.2, 0) is 0 Å². The third-order valence-corrected chi connectivity index (χ3v) is 2.55. The molecule has 0 unspecified atom stereocenters. The molecule has 0 aliphatic carbocycles. The van der Waals surface area contributed by atoms with Crippen LogP contribution in [0.1, 0.15) is 0 Å². The van der Waals surface area contributed by atoms with Gasteiger partial charge in [0.05, 0.1) is 0 Å². The SMILES string of the molecule is CNc1nc(OCCOc2ccccc2)nc(N(C)C)n1. The van der Waals surface area contributed by atoms with E-state index in [-0.39, 0.29) is 6.01 Å². The predicted molar refractivity (Wildman–Crippen MR) is 81.1 cm³/mol.